The minimum atomic E-state index is -4.00. The fourth-order valence-electron chi connectivity index (χ4n) is 3.77. The second kappa shape index (κ2) is 9.52. The van der Waals surface area contributed by atoms with Gasteiger partial charge in [0.15, 0.2) is 5.78 Å². The van der Waals surface area contributed by atoms with Crippen molar-refractivity contribution in [3.8, 4) is 5.75 Å². The third-order valence-corrected chi connectivity index (χ3v) is 7.33. The summed E-state index contributed by atoms with van der Waals surface area (Å²) in [5, 5.41) is 10.6. The number of nitrogens with two attached hydrogens (primary N) is 1. The fourth-order valence-corrected chi connectivity index (χ4v) is 5.29. The first-order valence-corrected chi connectivity index (χ1v) is 11.8. The van der Waals surface area contributed by atoms with Gasteiger partial charge in [0.05, 0.1) is 10.9 Å². The number of hydrogen-bond donors (Lipinski definition) is 4. The zero-order valence-electron chi connectivity index (χ0n) is 18.8. The number of ether oxygens (including phenoxy) is 1. The monoisotopic (exact) mass is 456 g/mol. The second-order valence-corrected chi connectivity index (χ2v) is 10.2. The zero-order valence-corrected chi connectivity index (χ0v) is 19.6. The molecule has 31 heavy (non-hydrogen) atoms. The molecule has 0 unspecified atom stereocenters. The fraction of sp³-hybridized carbons (Fsp3) is 0.619. The van der Waals surface area contributed by atoms with Gasteiger partial charge in [-0.05, 0) is 82.6 Å². The Morgan fingerprint density at radius 3 is 2.52 bits per heavy atom. The average Bonchev–Trinajstić information content (AvgIpc) is 2.67. The van der Waals surface area contributed by atoms with Crippen LogP contribution in [-0.4, -0.2) is 45.0 Å². The van der Waals surface area contributed by atoms with Crippen molar-refractivity contribution in [2.75, 3.05) is 13.2 Å². The smallest absolute Gasteiger partial charge is 0.264 e. The number of alkyl halides is 1. The first-order valence-electron chi connectivity index (χ1n) is 10.3. The number of guanidine groups is 1. The van der Waals surface area contributed by atoms with E-state index in [9.17, 15) is 17.6 Å². The minimum absolute atomic E-state index is 0.161. The van der Waals surface area contributed by atoms with Crippen molar-refractivity contribution in [1.29, 1.82) is 5.41 Å². The number of carbonyl (C=O) groups excluding carboxylic acids is 1. The number of halogens is 1. The maximum Gasteiger partial charge on any atom is 0.264 e. The summed E-state index contributed by atoms with van der Waals surface area (Å²) in [4.78, 5) is 11.3. The molecule has 0 saturated carbocycles. The lowest BCUT2D eigenvalue weighted by molar-refractivity contribution is -0.121. The van der Waals surface area contributed by atoms with Gasteiger partial charge in [0, 0.05) is 6.54 Å². The molecule has 2 rings (SSSR count). The van der Waals surface area contributed by atoms with Crippen LogP contribution in [0.4, 0.5) is 4.39 Å². The van der Waals surface area contributed by atoms with Gasteiger partial charge in [-0.1, -0.05) is 0 Å². The third-order valence-electron chi connectivity index (χ3n) is 5.71. The number of benzene rings is 1. The predicted molar refractivity (Wildman–Crippen MR) is 118 cm³/mol. The van der Waals surface area contributed by atoms with E-state index in [0.29, 0.717) is 24.0 Å². The van der Waals surface area contributed by atoms with Crippen LogP contribution >= 0.6 is 0 Å². The summed E-state index contributed by atoms with van der Waals surface area (Å²) in [6, 6.07) is -0.895. The molecule has 5 N–H and O–H groups in total. The number of Topliss-reactive ketones (excluding diaryl/α,β-unsaturated/α-hetero) is 1. The number of sulfonamides is 1. The van der Waals surface area contributed by atoms with E-state index < -0.39 is 28.5 Å². The molecule has 0 amide bonds. The molecular weight excluding hydrogens is 423 g/mol. The molecule has 0 radical (unpaired) electrons. The summed E-state index contributed by atoms with van der Waals surface area (Å²) in [5.74, 6) is -0.300. The van der Waals surface area contributed by atoms with Gasteiger partial charge in [-0.2, -0.15) is 0 Å². The van der Waals surface area contributed by atoms with Crippen molar-refractivity contribution in [3.63, 3.8) is 0 Å². The number of rotatable bonds is 8. The molecule has 174 valence electrons. The van der Waals surface area contributed by atoms with Crippen LogP contribution in [0.1, 0.15) is 55.4 Å². The van der Waals surface area contributed by atoms with E-state index in [1.54, 1.807) is 13.8 Å². The summed E-state index contributed by atoms with van der Waals surface area (Å²) in [6.07, 6.45) is 2.13. The molecule has 0 aliphatic carbocycles. The van der Waals surface area contributed by atoms with E-state index in [2.05, 4.69) is 10.0 Å². The molecule has 10 heteroatoms. The second-order valence-electron chi connectivity index (χ2n) is 8.63. The van der Waals surface area contributed by atoms with Crippen molar-refractivity contribution >= 4 is 21.8 Å². The summed E-state index contributed by atoms with van der Waals surface area (Å²) >= 11 is 0. The lowest BCUT2D eigenvalue weighted by atomic mass is 9.88. The number of fused-ring (bicyclic) bond motifs is 1. The quantitative estimate of drug-likeness (QED) is 0.269. The van der Waals surface area contributed by atoms with Crippen LogP contribution in [0.3, 0.4) is 0 Å². The lowest BCUT2D eigenvalue weighted by Crippen LogP contribution is -2.41. The van der Waals surface area contributed by atoms with Crippen molar-refractivity contribution in [2.24, 2.45) is 5.73 Å². The first-order chi connectivity index (χ1) is 14.3. The topological polar surface area (TPSA) is 134 Å². The number of hydrogen-bond acceptors (Lipinski definition) is 6. The Morgan fingerprint density at radius 1 is 1.26 bits per heavy atom. The molecule has 1 heterocycles. The predicted octanol–water partition coefficient (Wildman–Crippen LogP) is 2.16. The van der Waals surface area contributed by atoms with Crippen LogP contribution in [0.5, 0.6) is 5.75 Å². The van der Waals surface area contributed by atoms with E-state index in [0.717, 1.165) is 23.3 Å². The van der Waals surface area contributed by atoms with E-state index in [1.807, 2.05) is 20.8 Å². The highest BCUT2D eigenvalue weighted by atomic mass is 32.2. The Bertz CT molecular complexity index is 976. The third kappa shape index (κ3) is 5.74. The standard InChI is InChI=1S/C21H33FN4O4S/c1-12-13(2)19(14(3)15-8-9-21(4,5)30-18(12)15)31(28,29)26-20(24)25-10-6-7-16(23)17(27)11-22/h16H,6-11,23H2,1-5H3,(H3,24,25,26)/t16-/m0/s1. The van der Waals surface area contributed by atoms with Gasteiger partial charge in [-0.15, -0.1) is 0 Å². The maximum atomic E-state index is 13.1. The number of ketones is 1. The summed E-state index contributed by atoms with van der Waals surface area (Å²) < 4.78 is 46.9. The molecule has 8 nitrogen and oxygen atoms in total. The van der Waals surface area contributed by atoms with Crippen LogP contribution in [0.15, 0.2) is 4.90 Å². The van der Waals surface area contributed by atoms with Crippen LogP contribution in [0, 0.1) is 26.2 Å². The van der Waals surface area contributed by atoms with E-state index >= 15 is 0 Å². The van der Waals surface area contributed by atoms with E-state index in [4.69, 9.17) is 15.9 Å². The highest BCUT2D eigenvalue weighted by Gasteiger charge is 2.33. The number of nitrogens with one attached hydrogen (secondary N) is 3. The first kappa shape index (κ1) is 25.1. The van der Waals surface area contributed by atoms with Crippen LogP contribution in [0.25, 0.3) is 0 Å². The van der Waals surface area contributed by atoms with Gasteiger partial charge < -0.3 is 15.8 Å². The summed E-state index contributed by atoms with van der Waals surface area (Å²) in [7, 11) is -4.00. The molecule has 0 fully saturated rings. The highest BCUT2D eigenvalue weighted by molar-refractivity contribution is 7.90. The Kier molecular flexibility index (Phi) is 7.70. The molecule has 0 saturated heterocycles. The van der Waals surface area contributed by atoms with Crippen LogP contribution in [-0.2, 0) is 21.2 Å². The largest absolute Gasteiger partial charge is 0.487 e. The SMILES string of the molecule is Cc1c(C)c(S(=O)(=O)NC(=N)NCCC[C@H](N)C(=O)CF)c(C)c2c1OC(C)(C)CC2. The maximum absolute atomic E-state index is 13.1. The molecular formula is C21H33FN4O4S. The van der Waals surface area contributed by atoms with Gasteiger partial charge in [0.25, 0.3) is 10.0 Å². The van der Waals surface area contributed by atoms with Gasteiger partial charge in [0.2, 0.25) is 5.96 Å². The normalized spacial score (nSPS) is 16.1. The van der Waals surface area contributed by atoms with Gasteiger partial charge >= 0.3 is 0 Å². The Labute approximate surface area is 183 Å². The Balaban J connectivity index is 2.13. The molecule has 1 aliphatic rings. The van der Waals surface area contributed by atoms with Crippen molar-refractivity contribution < 1.29 is 22.3 Å². The zero-order chi connectivity index (χ0) is 23.6. The Hall–Kier alpha value is -2.20. The van der Waals surface area contributed by atoms with Crippen molar-refractivity contribution in [3.05, 3.63) is 22.3 Å². The van der Waals surface area contributed by atoms with Crippen LogP contribution < -0.4 is 20.5 Å². The molecule has 1 aliphatic heterocycles. The Morgan fingerprint density at radius 2 is 1.90 bits per heavy atom. The van der Waals surface area contributed by atoms with Crippen LogP contribution in [0.2, 0.25) is 0 Å². The minimum Gasteiger partial charge on any atom is -0.487 e. The highest BCUT2D eigenvalue weighted by Crippen LogP contribution is 2.42. The molecule has 1 aromatic carbocycles. The molecule has 0 bridgehead atoms. The molecule has 1 aromatic rings. The molecule has 0 spiro atoms. The van der Waals surface area contributed by atoms with E-state index in [-0.39, 0.29) is 29.4 Å². The van der Waals surface area contributed by atoms with E-state index in [1.165, 1.54) is 0 Å². The summed E-state index contributed by atoms with van der Waals surface area (Å²) in [5.41, 5.74) is 8.12. The van der Waals surface area contributed by atoms with Crippen molar-refractivity contribution in [1.82, 2.24) is 10.0 Å². The number of carbonyl (C=O) groups is 1. The van der Waals surface area contributed by atoms with Gasteiger partial charge in [-0.25, -0.2) is 17.5 Å². The molecule has 1 atom stereocenters. The van der Waals surface area contributed by atoms with Gasteiger partial charge in [-0.3, -0.25) is 10.2 Å². The van der Waals surface area contributed by atoms with Gasteiger partial charge in [0.1, 0.15) is 18.0 Å². The average molecular weight is 457 g/mol. The lowest BCUT2D eigenvalue weighted by Gasteiger charge is -2.35. The summed E-state index contributed by atoms with van der Waals surface area (Å²) in [6.45, 7) is 8.49. The van der Waals surface area contributed by atoms with Crippen molar-refractivity contribution in [2.45, 2.75) is 76.8 Å². The molecule has 0 aromatic heterocycles.